The number of H-pyrrole nitrogens is 1. The molecule has 2 atom stereocenters. The molecule has 1 aromatic heterocycles. The zero-order valence-electron chi connectivity index (χ0n) is 14.3. The Morgan fingerprint density at radius 1 is 1.08 bits per heavy atom. The van der Waals surface area contributed by atoms with Crippen molar-refractivity contribution >= 4 is 16.9 Å². The van der Waals surface area contributed by atoms with Crippen molar-refractivity contribution in [3.63, 3.8) is 0 Å². The molecule has 4 heteroatoms. The minimum absolute atomic E-state index is 0.170. The van der Waals surface area contributed by atoms with Crippen LogP contribution in [-0.2, 0) is 9.53 Å². The van der Waals surface area contributed by atoms with Gasteiger partial charge in [-0.25, -0.2) is 0 Å². The Labute approximate surface area is 147 Å². The van der Waals surface area contributed by atoms with Crippen LogP contribution in [0, 0.1) is 0 Å². The molecule has 0 radical (unpaired) electrons. The van der Waals surface area contributed by atoms with Crippen molar-refractivity contribution in [1.82, 2.24) is 10.3 Å². The number of rotatable bonds is 3. The first-order chi connectivity index (χ1) is 12.3. The molecule has 0 spiro atoms. The molecule has 2 unspecified atom stereocenters. The Morgan fingerprint density at radius 2 is 1.84 bits per heavy atom. The standard InChI is InChI=1S/C21H22N2O2/c1-2-25-21(24)17-13-22-12-16(14-8-4-3-5-9-14)19-15-10-6-7-11-18(15)23-20(17)19/h3-11,16-17,22-23H,2,12-13H2,1H3. The minimum Gasteiger partial charge on any atom is -0.465 e. The summed E-state index contributed by atoms with van der Waals surface area (Å²) < 4.78 is 5.33. The Hall–Kier alpha value is -2.59. The molecule has 4 rings (SSSR count). The number of nitrogens with one attached hydrogen (secondary N) is 2. The van der Waals surface area contributed by atoms with Crippen molar-refractivity contribution in [2.45, 2.75) is 18.8 Å². The number of carbonyl (C=O) groups is 1. The highest BCUT2D eigenvalue weighted by molar-refractivity contribution is 5.89. The molecule has 0 bridgehead atoms. The van der Waals surface area contributed by atoms with Gasteiger partial charge in [-0.2, -0.15) is 0 Å². The molecule has 128 valence electrons. The van der Waals surface area contributed by atoms with Crippen LogP contribution in [0.3, 0.4) is 0 Å². The molecular weight excluding hydrogens is 312 g/mol. The third kappa shape index (κ3) is 2.83. The van der Waals surface area contributed by atoms with Crippen molar-refractivity contribution in [3.05, 3.63) is 71.4 Å². The third-order valence-electron chi connectivity index (χ3n) is 4.94. The molecule has 0 aliphatic carbocycles. The first-order valence-corrected chi connectivity index (χ1v) is 8.82. The molecule has 2 aromatic carbocycles. The van der Waals surface area contributed by atoms with E-state index in [0.717, 1.165) is 17.8 Å². The average Bonchev–Trinajstić information content (AvgIpc) is 2.91. The first kappa shape index (κ1) is 15.9. The number of esters is 1. The van der Waals surface area contributed by atoms with Crippen LogP contribution in [0.5, 0.6) is 0 Å². The molecule has 1 aliphatic heterocycles. The molecule has 0 saturated carbocycles. The maximum absolute atomic E-state index is 12.6. The van der Waals surface area contributed by atoms with Gasteiger partial charge >= 0.3 is 5.97 Å². The van der Waals surface area contributed by atoms with Gasteiger partial charge in [0.25, 0.3) is 0 Å². The molecule has 25 heavy (non-hydrogen) atoms. The van der Waals surface area contributed by atoms with Crippen molar-refractivity contribution in [3.8, 4) is 0 Å². The van der Waals surface area contributed by atoms with Gasteiger partial charge < -0.3 is 15.0 Å². The molecule has 4 nitrogen and oxygen atoms in total. The Balaban J connectivity index is 1.90. The van der Waals surface area contributed by atoms with E-state index in [-0.39, 0.29) is 17.8 Å². The zero-order chi connectivity index (χ0) is 17.2. The molecule has 2 N–H and O–H groups in total. The largest absolute Gasteiger partial charge is 0.465 e. The van der Waals surface area contributed by atoms with Crippen molar-refractivity contribution in [2.24, 2.45) is 0 Å². The number of aromatic nitrogens is 1. The number of aromatic amines is 1. The summed E-state index contributed by atoms with van der Waals surface area (Å²) in [7, 11) is 0. The highest BCUT2D eigenvalue weighted by atomic mass is 16.5. The smallest absolute Gasteiger partial charge is 0.316 e. The van der Waals surface area contributed by atoms with Gasteiger partial charge in [0.15, 0.2) is 0 Å². The summed E-state index contributed by atoms with van der Waals surface area (Å²) in [4.78, 5) is 16.1. The Bertz CT molecular complexity index is 885. The van der Waals surface area contributed by atoms with Crippen LogP contribution in [0.25, 0.3) is 10.9 Å². The third-order valence-corrected chi connectivity index (χ3v) is 4.94. The summed E-state index contributed by atoms with van der Waals surface area (Å²) in [5.41, 5.74) is 4.53. The van der Waals surface area contributed by atoms with Gasteiger partial charge in [-0.15, -0.1) is 0 Å². The van der Waals surface area contributed by atoms with Crippen LogP contribution in [0.2, 0.25) is 0 Å². The number of hydrogen-bond donors (Lipinski definition) is 2. The van der Waals surface area contributed by atoms with Crippen LogP contribution < -0.4 is 5.32 Å². The highest BCUT2D eigenvalue weighted by Crippen LogP contribution is 2.38. The number of carbonyl (C=O) groups excluding carboxylic acids is 1. The number of hydrogen-bond acceptors (Lipinski definition) is 3. The summed E-state index contributed by atoms with van der Waals surface area (Å²) >= 11 is 0. The lowest BCUT2D eigenvalue weighted by atomic mass is 9.87. The van der Waals surface area contributed by atoms with Crippen LogP contribution in [0.1, 0.15) is 35.6 Å². The van der Waals surface area contributed by atoms with E-state index in [2.05, 4.69) is 52.8 Å². The van der Waals surface area contributed by atoms with Crippen molar-refractivity contribution in [1.29, 1.82) is 0 Å². The maximum Gasteiger partial charge on any atom is 0.316 e. The summed E-state index contributed by atoms with van der Waals surface area (Å²) in [6.07, 6.45) is 0. The number of para-hydroxylation sites is 1. The van der Waals surface area contributed by atoms with Crippen LogP contribution in [0.4, 0.5) is 0 Å². The molecule has 0 fully saturated rings. The molecule has 2 heterocycles. The number of ether oxygens (including phenoxy) is 1. The van der Waals surface area contributed by atoms with E-state index >= 15 is 0 Å². The number of benzene rings is 2. The zero-order valence-corrected chi connectivity index (χ0v) is 14.3. The predicted molar refractivity (Wildman–Crippen MR) is 98.8 cm³/mol. The summed E-state index contributed by atoms with van der Waals surface area (Å²) in [6.45, 7) is 3.63. The van der Waals surface area contributed by atoms with Gasteiger partial charge in [0.2, 0.25) is 0 Å². The monoisotopic (exact) mass is 334 g/mol. The van der Waals surface area contributed by atoms with Gasteiger partial charge in [-0.05, 0) is 24.1 Å². The lowest BCUT2D eigenvalue weighted by Crippen LogP contribution is -2.28. The minimum atomic E-state index is -0.309. The van der Waals surface area contributed by atoms with Gasteiger partial charge in [-0.1, -0.05) is 48.5 Å². The Kier molecular flexibility index (Phi) is 4.28. The normalized spacial score (nSPS) is 20.0. The maximum atomic E-state index is 12.6. The molecule has 0 saturated heterocycles. The topological polar surface area (TPSA) is 54.1 Å². The summed E-state index contributed by atoms with van der Waals surface area (Å²) in [6, 6.07) is 18.8. The molecule has 1 aliphatic rings. The first-order valence-electron chi connectivity index (χ1n) is 8.82. The fourth-order valence-electron chi connectivity index (χ4n) is 3.82. The van der Waals surface area contributed by atoms with Crippen molar-refractivity contribution < 1.29 is 9.53 Å². The van der Waals surface area contributed by atoms with E-state index in [1.807, 2.05) is 19.1 Å². The number of fused-ring (bicyclic) bond motifs is 3. The van der Waals surface area contributed by atoms with E-state index < -0.39 is 0 Å². The summed E-state index contributed by atoms with van der Waals surface area (Å²) in [5.74, 6) is -0.278. The Morgan fingerprint density at radius 3 is 2.64 bits per heavy atom. The second-order valence-electron chi connectivity index (χ2n) is 6.42. The van der Waals surface area contributed by atoms with Gasteiger partial charge in [0, 0.05) is 35.6 Å². The SMILES string of the molecule is CCOC(=O)C1CNCC(c2ccccc2)c2c1[nH]c1ccccc21. The summed E-state index contributed by atoms with van der Waals surface area (Å²) in [5, 5.41) is 4.65. The molecule has 0 amide bonds. The van der Waals surface area contributed by atoms with E-state index in [4.69, 9.17) is 4.74 Å². The van der Waals surface area contributed by atoms with E-state index in [1.54, 1.807) is 0 Å². The second-order valence-corrected chi connectivity index (χ2v) is 6.42. The fraction of sp³-hybridized carbons (Fsp3) is 0.286. The van der Waals surface area contributed by atoms with E-state index in [0.29, 0.717) is 13.2 Å². The van der Waals surface area contributed by atoms with Crippen LogP contribution in [0.15, 0.2) is 54.6 Å². The van der Waals surface area contributed by atoms with Crippen molar-refractivity contribution in [2.75, 3.05) is 19.7 Å². The van der Waals surface area contributed by atoms with Crippen LogP contribution in [-0.4, -0.2) is 30.6 Å². The predicted octanol–water partition coefficient (Wildman–Crippen LogP) is 3.55. The van der Waals surface area contributed by atoms with E-state index in [9.17, 15) is 4.79 Å². The molecular formula is C21H22N2O2. The van der Waals surface area contributed by atoms with Gasteiger partial charge in [0.1, 0.15) is 5.92 Å². The van der Waals surface area contributed by atoms with Crippen LogP contribution >= 0.6 is 0 Å². The fourth-order valence-corrected chi connectivity index (χ4v) is 3.82. The lowest BCUT2D eigenvalue weighted by molar-refractivity contribution is -0.144. The highest BCUT2D eigenvalue weighted by Gasteiger charge is 2.33. The lowest BCUT2D eigenvalue weighted by Gasteiger charge is -2.17. The average molecular weight is 334 g/mol. The quantitative estimate of drug-likeness (QED) is 0.720. The van der Waals surface area contributed by atoms with Gasteiger partial charge in [-0.3, -0.25) is 4.79 Å². The van der Waals surface area contributed by atoms with E-state index in [1.165, 1.54) is 16.5 Å². The molecule has 3 aromatic rings. The second kappa shape index (κ2) is 6.73. The van der Waals surface area contributed by atoms with Gasteiger partial charge in [0.05, 0.1) is 6.61 Å².